The third-order valence-corrected chi connectivity index (χ3v) is 8.45. The normalized spacial score (nSPS) is 24.5. The molecule has 2 aromatic rings. The van der Waals surface area contributed by atoms with Gasteiger partial charge in [-0.1, -0.05) is 45.5 Å². The van der Waals surface area contributed by atoms with Crippen molar-refractivity contribution in [3.63, 3.8) is 0 Å². The van der Waals surface area contributed by atoms with Gasteiger partial charge in [0.05, 0.1) is 11.5 Å². The summed E-state index contributed by atoms with van der Waals surface area (Å²) >= 11 is 0. The van der Waals surface area contributed by atoms with Crippen LogP contribution in [-0.2, 0) is 15.3 Å². The average Bonchev–Trinajstić information content (AvgIpc) is 3.04. The number of hydrogen-bond acceptors (Lipinski definition) is 4. The molecule has 2 heterocycles. The number of carbonyl (C=O) groups excluding carboxylic acids is 1. The van der Waals surface area contributed by atoms with Crippen molar-refractivity contribution in [3.8, 4) is 0 Å². The zero-order valence-electron chi connectivity index (χ0n) is 17.2. The number of sulfone groups is 1. The highest BCUT2D eigenvalue weighted by Gasteiger charge is 2.40. The predicted octanol–water partition coefficient (Wildman–Crippen LogP) is 4.88. The molecule has 0 bridgehead atoms. The first-order chi connectivity index (χ1) is 13.6. The molecule has 5 heteroatoms. The predicted molar refractivity (Wildman–Crippen MR) is 117 cm³/mol. The maximum Gasteiger partial charge on any atom is 0.163 e. The molecule has 29 heavy (non-hydrogen) atoms. The molecule has 2 atom stereocenters. The van der Waals surface area contributed by atoms with Crippen LogP contribution in [0.2, 0.25) is 0 Å². The molecule has 2 aromatic carbocycles. The summed E-state index contributed by atoms with van der Waals surface area (Å²) in [4.78, 5) is 15.1. The van der Waals surface area contributed by atoms with Gasteiger partial charge in [0.25, 0.3) is 0 Å². The van der Waals surface area contributed by atoms with E-state index in [1.807, 2.05) is 43.3 Å². The van der Waals surface area contributed by atoms with E-state index in [1.54, 1.807) is 0 Å². The van der Waals surface area contributed by atoms with Gasteiger partial charge in [-0.3, -0.25) is 4.79 Å². The van der Waals surface area contributed by atoms with Crippen molar-refractivity contribution in [2.45, 2.75) is 32.6 Å². The summed E-state index contributed by atoms with van der Waals surface area (Å²) in [5.74, 6) is 0.261. The van der Waals surface area contributed by atoms with Gasteiger partial charge in [0.2, 0.25) is 0 Å². The van der Waals surface area contributed by atoms with Gasteiger partial charge in [0.1, 0.15) is 0 Å². The third-order valence-electron chi connectivity index (χ3n) is 6.48. The summed E-state index contributed by atoms with van der Waals surface area (Å²) in [5.41, 5.74) is 4.48. The third kappa shape index (κ3) is 3.42. The monoisotopic (exact) mass is 409 g/mol. The van der Waals surface area contributed by atoms with E-state index in [-0.39, 0.29) is 41.0 Å². The van der Waals surface area contributed by atoms with Crippen molar-refractivity contribution in [1.82, 2.24) is 0 Å². The highest BCUT2D eigenvalue weighted by molar-refractivity contribution is 7.91. The van der Waals surface area contributed by atoms with Gasteiger partial charge in [-0.2, -0.15) is 0 Å². The number of fused-ring (bicyclic) bond motifs is 1. The summed E-state index contributed by atoms with van der Waals surface area (Å²) < 4.78 is 23.8. The molecule has 0 saturated carbocycles. The molecular weight excluding hydrogens is 382 g/mol. The molecule has 1 fully saturated rings. The number of ketones is 1. The largest absolute Gasteiger partial charge is 0.314 e. The lowest BCUT2D eigenvalue weighted by Crippen LogP contribution is -2.21. The Balaban J connectivity index is 1.66. The maximum atomic E-state index is 13.0. The van der Waals surface area contributed by atoms with Crippen molar-refractivity contribution in [2.24, 2.45) is 11.8 Å². The van der Waals surface area contributed by atoms with Crippen LogP contribution in [0.15, 0.2) is 60.8 Å². The van der Waals surface area contributed by atoms with Crippen molar-refractivity contribution < 1.29 is 13.2 Å². The fraction of sp³-hybridized carbons (Fsp3) is 0.375. The van der Waals surface area contributed by atoms with Gasteiger partial charge in [0, 0.05) is 34.5 Å². The van der Waals surface area contributed by atoms with Crippen molar-refractivity contribution in [3.05, 3.63) is 71.9 Å². The van der Waals surface area contributed by atoms with Crippen LogP contribution in [-0.4, -0.2) is 25.7 Å². The molecule has 0 spiro atoms. The first-order valence-corrected chi connectivity index (χ1v) is 11.8. The lowest BCUT2D eigenvalue weighted by Gasteiger charge is -2.25. The number of nitrogens with zero attached hydrogens (tertiary/aromatic N) is 1. The molecular formula is C24H27NO3S. The van der Waals surface area contributed by atoms with Crippen LogP contribution in [0.5, 0.6) is 0 Å². The molecule has 0 unspecified atom stereocenters. The van der Waals surface area contributed by atoms with Crippen LogP contribution in [0.4, 0.5) is 11.4 Å². The highest BCUT2D eigenvalue weighted by atomic mass is 32.2. The first kappa shape index (κ1) is 19.9. The van der Waals surface area contributed by atoms with E-state index in [2.05, 4.69) is 37.5 Å². The van der Waals surface area contributed by atoms with Gasteiger partial charge in [0.15, 0.2) is 15.6 Å². The number of anilines is 2. The summed E-state index contributed by atoms with van der Waals surface area (Å²) in [6.07, 6.45) is 0.281. The molecule has 0 aromatic heterocycles. The van der Waals surface area contributed by atoms with E-state index < -0.39 is 9.84 Å². The Morgan fingerprint density at radius 2 is 1.83 bits per heavy atom. The lowest BCUT2D eigenvalue weighted by atomic mass is 9.83. The highest BCUT2D eigenvalue weighted by Crippen LogP contribution is 2.50. The van der Waals surface area contributed by atoms with E-state index in [1.165, 1.54) is 0 Å². The standard InChI is InChI=1S/C24H27NO3S/c1-16-14-29(27,28)15-19(16)13-23(26)18-10-11-22-21(12-18)24(3,4)17(2)25(22)20-8-6-5-7-9-20/h5-12,16,19H,2,13-15H2,1,3-4H3/t16-,19+/m0/s1. The molecule has 0 aliphatic carbocycles. The molecule has 1 saturated heterocycles. The fourth-order valence-electron chi connectivity index (χ4n) is 4.57. The van der Waals surface area contributed by atoms with Gasteiger partial charge in [-0.25, -0.2) is 8.42 Å². The van der Waals surface area contributed by atoms with E-state index in [0.29, 0.717) is 5.56 Å². The summed E-state index contributed by atoms with van der Waals surface area (Å²) in [6.45, 7) is 10.5. The number of hydrogen-bond donors (Lipinski definition) is 0. The first-order valence-electron chi connectivity index (χ1n) is 10.0. The number of Topliss-reactive ketones (excluding diaryl/α,β-unsaturated/α-hetero) is 1. The van der Waals surface area contributed by atoms with Crippen LogP contribution in [0.25, 0.3) is 0 Å². The van der Waals surface area contributed by atoms with Gasteiger partial charge in [-0.05, 0) is 47.7 Å². The Bertz CT molecular complexity index is 1090. The topological polar surface area (TPSA) is 54.5 Å². The van der Waals surface area contributed by atoms with Crippen LogP contribution in [0, 0.1) is 11.8 Å². The van der Waals surface area contributed by atoms with E-state index in [4.69, 9.17) is 0 Å². The molecule has 0 N–H and O–H groups in total. The fourth-order valence-corrected chi connectivity index (χ4v) is 6.88. The maximum absolute atomic E-state index is 13.0. The van der Waals surface area contributed by atoms with E-state index >= 15 is 0 Å². The van der Waals surface area contributed by atoms with Crippen LogP contribution in [0.3, 0.4) is 0 Å². The van der Waals surface area contributed by atoms with Crippen LogP contribution in [0.1, 0.15) is 43.1 Å². The second kappa shape index (κ2) is 6.84. The lowest BCUT2D eigenvalue weighted by molar-refractivity contribution is 0.0957. The summed E-state index contributed by atoms with van der Waals surface area (Å²) in [6, 6.07) is 15.9. The van der Waals surface area contributed by atoms with Gasteiger partial charge < -0.3 is 4.90 Å². The van der Waals surface area contributed by atoms with Crippen molar-refractivity contribution >= 4 is 27.0 Å². The number of para-hydroxylation sites is 1. The van der Waals surface area contributed by atoms with Gasteiger partial charge >= 0.3 is 0 Å². The van der Waals surface area contributed by atoms with E-state index in [0.717, 1.165) is 22.6 Å². The van der Waals surface area contributed by atoms with Gasteiger partial charge in [-0.15, -0.1) is 0 Å². The molecule has 0 amide bonds. The van der Waals surface area contributed by atoms with Crippen LogP contribution >= 0.6 is 0 Å². The minimum absolute atomic E-state index is 0.0151. The molecule has 2 aliphatic heterocycles. The number of carbonyl (C=O) groups is 1. The second-order valence-corrected chi connectivity index (χ2v) is 11.1. The zero-order valence-corrected chi connectivity index (χ0v) is 18.0. The Hall–Kier alpha value is -2.40. The summed E-state index contributed by atoms with van der Waals surface area (Å²) in [7, 11) is -3.02. The second-order valence-electron chi connectivity index (χ2n) is 8.92. The minimum atomic E-state index is -3.02. The Kier molecular flexibility index (Phi) is 4.69. The molecule has 2 aliphatic rings. The Morgan fingerprint density at radius 3 is 2.45 bits per heavy atom. The Labute approximate surface area is 173 Å². The van der Waals surface area contributed by atoms with Crippen LogP contribution < -0.4 is 4.90 Å². The molecule has 0 radical (unpaired) electrons. The van der Waals surface area contributed by atoms with E-state index in [9.17, 15) is 13.2 Å². The quantitative estimate of drug-likeness (QED) is 0.675. The smallest absolute Gasteiger partial charge is 0.163 e. The SMILES string of the molecule is C=C1N(c2ccccc2)c2ccc(C(=O)C[C@@H]3CS(=O)(=O)C[C@@H]3C)cc2C1(C)C. The summed E-state index contributed by atoms with van der Waals surface area (Å²) in [5, 5.41) is 0. The Morgan fingerprint density at radius 1 is 1.14 bits per heavy atom. The zero-order chi connectivity index (χ0) is 21.0. The molecule has 4 nitrogen and oxygen atoms in total. The van der Waals surface area contributed by atoms with Crippen molar-refractivity contribution in [2.75, 3.05) is 16.4 Å². The van der Waals surface area contributed by atoms with Crippen molar-refractivity contribution in [1.29, 1.82) is 0 Å². The number of allylic oxidation sites excluding steroid dienone is 1. The molecule has 4 rings (SSSR count). The number of rotatable bonds is 4. The minimum Gasteiger partial charge on any atom is -0.314 e. The average molecular weight is 410 g/mol. The number of benzene rings is 2. The molecule has 152 valence electrons.